The van der Waals surface area contributed by atoms with Gasteiger partial charge in [-0.25, -0.2) is 8.42 Å². The van der Waals surface area contributed by atoms with Gasteiger partial charge in [0.05, 0.1) is 10.8 Å². The molecule has 2 rings (SSSR count). The monoisotopic (exact) mass is 338 g/mol. The van der Waals surface area contributed by atoms with Crippen LogP contribution < -0.4 is 0 Å². The molecule has 0 radical (unpaired) electrons. The molecule has 6 heteroatoms. The van der Waals surface area contributed by atoms with Crippen LogP contribution in [0, 0.1) is 0 Å². The highest BCUT2D eigenvalue weighted by Gasteiger charge is 2.36. The quantitative estimate of drug-likeness (QED) is 0.842. The summed E-state index contributed by atoms with van der Waals surface area (Å²) in [6.07, 6.45) is 0. The highest BCUT2D eigenvalue weighted by atomic mass is 32.2. The standard InChI is InChI=1S/C17H26N2O3S/c1-17(2,3)23(21,22)13-16(20)19-11-10-18(4)12-15(19)14-8-6-5-7-9-14/h5-9,15H,10-13H2,1-4H3/t15-/m1/s1. The lowest BCUT2D eigenvalue weighted by molar-refractivity contribution is -0.133. The van der Waals surface area contributed by atoms with Crippen LogP contribution in [-0.4, -0.2) is 61.3 Å². The van der Waals surface area contributed by atoms with Crippen molar-refractivity contribution in [3.63, 3.8) is 0 Å². The van der Waals surface area contributed by atoms with E-state index >= 15 is 0 Å². The van der Waals surface area contributed by atoms with Crippen molar-refractivity contribution in [3.8, 4) is 0 Å². The molecule has 1 saturated heterocycles. The van der Waals surface area contributed by atoms with Crippen LogP contribution in [-0.2, 0) is 14.6 Å². The SMILES string of the molecule is CN1CCN(C(=O)CS(=O)(=O)C(C)(C)C)[C@@H](c2ccccc2)C1. The zero-order valence-electron chi connectivity index (χ0n) is 14.3. The van der Waals surface area contributed by atoms with Gasteiger partial charge in [-0.1, -0.05) is 30.3 Å². The van der Waals surface area contributed by atoms with Crippen LogP contribution >= 0.6 is 0 Å². The fraction of sp³-hybridized carbons (Fsp3) is 0.588. The molecule has 23 heavy (non-hydrogen) atoms. The van der Waals surface area contributed by atoms with E-state index in [2.05, 4.69) is 4.90 Å². The van der Waals surface area contributed by atoms with Crippen molar-refractivity contribution in [3.05, 3.63) is 35.9 Å². The average molecular weight is 338 g/mol. The Labute approximate surface area is 139 Å². The van der Waals surface area contributed by atoms with Gasteiger partial charge in [0.15, 0.2) is 9.84 Å². The summed E-state index contributed by atoms with van der Waals surface area (Å²) >= 11 is 0. The number of carbonyl (C=O) groups excluding carboxylic acids is 1. The first-order valence-electron chi connectivity index (χ1n) is 7.87. The van der Waals surface area contributed by atoms with Crippen molar-refractivity contribution in [1.82, 2.24) is 9.80 Å². The lowest BCUT2D eigenvalue weighted by atomic mass is 10.0. The minimum Gasteiger partial charge on any atom is -0.332 e. The van der Waals surface area contributed by atoms with E-state index < -0.39 is 20.3 Å². The Morgan fingerprint density at radius 1 is 1.17 bits per heavy atom. The molecule has 1 amide bonds. The average Bonchev–Trinajstić information content (AvgIpc) is 2.46. The molecular weight excluding hydrogens is 312 g/mol. The Balaban J connectivity index is 2.23. The maximum atomic E-state index is 12.7. The second-order valence-electron chi connectivity index (χ2n) is 7.15. The van der Waals surface area contributed by atoms with Crippen molar-refractivity contribution in [2.24, 2.45) is 0 Å². The normalized spacial score (nSPS) is 20.5. The number of piperazine rings is 1. The van der Waals surface area contributed by atoms with Crippen LogP contribution in [0.5, 0.6) is 0 Å². The Kier molecular flexibility index (Phi) is 5.16. The summed E-state index contributed by atoms with van der Waals surface area (Å²) in [7, 11) is -1.45. The Hall–Kier alpha value is -1.40. The maximum Gasteiger partial charge on any atom is 0.238 e. The van der Waals surface area contributed by atoms with Crippen LogP contribution in [0.4, 0.5) is 0 Å². The number of hydrogen-bond acceptors (Lipinski definition) is 4. The second kappa shape index (κ2) is 6.61. The van der Waals surface area contributed by atoms with Gasteiger partial charge in [0, 0.05) is 19.6 Å². The minimum absolute atomic E-state index is 0.0994. The van der Waals surface area contributed by atoms with E-state index in [9.17, 15) is 13.2 Å². The molecule has 1 aromatic rings. The van der Waals surface area contributed by atoms with Gasteiger partial charge in [0.2, 0.25) is 5.91 Å². The number of likely N-dealkylation sites (N-methyl/N-ethyl adjacent to an activating group) is 1. The summed E-state index contributed by atoms with van der Waals surface area (Å²) in [4.78, 5) is 16.6. The molecule has 1 atom stereocenters. The topological polar surface area (TPSA) is 57.7 Å². The van der Waals surface area contributed by atoms with Gasteiger partial charge in [-0.3, -0.25) is 4.79 Å². The first-order valence-corrected chi connectivity index (χ1v) is 9.52. The van der Waals surface area contributed by atoms with Crippen molar-refractivity contribution >= 4 is 15.7 Å². The van der Waals surface area contributed by atoms with Gasteiger partial charge in [-0.2, -0.15) is 0 Å². The van der Waals surface area contributed by atoms with E-state index in [1.807, 2.05) is 37.4 Å². The van der Waals surface area contributed by atoms with Crippen molar-refractivity contribution < 1.29 is 13.2 Å². The summed E-state index contributed by atoms with van der Waals surface area (Å²) < 4.78 is 23.8. The highest BCUT2D eigenvalue weighted by molar-refractivity contribution is 7.93. The molecule has 0 N–H and O–H groups in total. The largest absolute Gasteiger partial charge is 0.332 e. The van der Waals surface area contributed by atoms with Gasteiger partial charge < -0.3 is 9.80 Å². The van der Waals surface area contributed by atoms with E-state index in [0.29, 0.717) is 13.1 Å². The van der Waals surface area contributed by atoms with Gasteiger partial charge in [-0.05, 0) is 33.4 Å². The molecule has 0 unspecified atom stereocenters. The smallest absolute Gasteiger partial charge is 0.238 e. The van der Waals surface area contributed by atoms with E-state index in [1.165, 1.54) is 0 Å². The number of nitrogens with zero attached hydrogens (tertiary/aromatic N) is 2. The van der Waals surface area contributed by atoms with Crippen molar-refractivity contribution in [2.45, 2.75) is 31.6 Å². The molecule has 1 fully saturated rings. The number of carbonyl (C=O) groups is 1. The number of rotatable bonds is 3. The van der Waals surface area contributed by atoms with Crippen LogP contribution in [0.2, 0.25) is 0 Å². The maximum absolute atomic E-state index is 12.7. The van der Waals surface area contributed by atoms with E-state index in [-0.39, 0.29) is 11.9 Å². The molecule has 1 aliphatic heterocycles. The molecule has 0 aliphatic carbocycles. The molecule has 1 aliphatic rings. The molecule has 5 nitrogen and oxygen atoms in total. The number of sulfone groups is 1. The van der Waals surface area contributed by atoms with Gasteiger partial charge >= 0.3 is 0 Å². The number of amides is 1. The van der Waals surface area contributed by atoms with E-state index in [1.54, 1.807) is 25.7 Å². The van der Waals surface area contributed by atoms with Gasteiger partial charge in [-0.15, -0.1) is 0 Å². The summed E-state index contributed by atoms with van der Waals surface area (Å²) in [5.74, 6) is -0.731. The first kappa shape index (κ1) is 17.9. The van der Waals surface area contributed by atoms with Gasteiger partial charge in [0.25, 0.3) is 0 Å². The molecule has 0 saturated carbocycles. The minimum atomic E-state index is -3.47. The third kappa shape index (κ3) is 4.12. The van der Waals surface area contributed by atoms with Crippen LogP contribution in [0.25, 0.3) is 0 Å². The van der Waals surface area contributed by atoms with Crippen molar-refractivity contribution in [1.29, 1.82) is 0 Å². The third-order valence-electron chi connectivity index (χ3n) is 4.33. The third-order valence-corrected chi connectivity index (χ3v) is 6.83. The summed E-state index contributed by atoms with van der Waals surface area (Å²) in [5, 5.41) is 0. The molecule has 0 aromatic heterocycles. The van der Waals surface area contributed by atoms with Gasteiger partial charge in [0.1, 0.15) is 5.75 Å². The lowest BCUT2D eigenvalue weighted by Crippen LogP contribution is -2.51. The molecule has 0 bridgehead atoms. The zero-order chi connectivity index (χ0) is 17.3. The summed E-state index contributed by atoms with van der Waals surface area (Å²) in [6, 6.07) is 9.70. The Morgan fingerprint density at radius 2 is 1.78 bits per heavy atom. The summed E-state index contributed by atoms with van der Waals surface area (Å²) in [6.45, 7) is 6.92. The Bertz CT molecular complexity index is 650. The number of hydrogen-bond donors (Lipinski definition) is 0. The molecule has 1 aromatic carbocycles. The number of benzene rings is 1. The van der Waals surface area contributed by atoms with Crippen molar-refractivity contribution in [2.75, 3.05) is 32.4 Å². The molecular formula is C17H26N2O3S. The van der Waals surface area contributed by atoms with Crippen LogP contribution in [0.1, 0.15) is 32.4 Å². The fourth-order valence-corrected chi connectivity index (χ4v) is 3.56. The highest BCUT2D eigenvalue weighted by Crippen LogP contribution is 2.26. The summed E-state index contributed by atoms with van der Waals surface area (Å²) in [5.41, 5.74) is 1.04. The van der Waals surface area contributed by atoms with E-state index in [0.717, 1.165) is 12.1 Å². The lowest BCUT2D eigenvalue weighted by Gasteiger charge is -2.40. The first-order chi connectivity index (χ1) is 10.6. The van der Waals surface area contributed by atoms with E-state index in [4.69, 9.17) is 0 Å². The van der Waals surface area contributed by atoms with Crippen LogP contribution in [0.3, 0.4) is 0 Å². The fourth-order valence-electron chi connectivity index (χ4n) is 2.64. The second-order valence-corrected chi connectivity index (χ2v) is 9.89. The molecule has 128 valence electrons. The predicted molar refractivity (Wildman–Crippen MR) is 91.9 cm³/mol. The molecule has 0 spiro atoms. The zero-order valence-corrected chi connectivity index (χ0v) is 15.1. The molecule has 1 heterocycles. The Morgan fingerprint density at radius 3 is 2.35 bits per heavy atom. The predicted octanol–water partition coefficient (Wildman–Crippen LogP) is 1.71. The van der Waals surface area contributed by atoms with Crippen LogP contribution in [0.15, 0.2) is 30.3 Å².